The number of fused-ring (bicyclic) bond motifs is 4. The molecule has 0 unspecified atom stereocenters. The number of aromatic nitrogens is 3. The average molecular weight is 419 g/mol. The third-order valence-electron chi connectivity index (χ3n) is 6.26. The summed E-state index contributed by atoms with van der Waals surface area (Å²) in [5.41, 5.74) is 1.89. The van der Waals surface area contributed by atoms with Crippen molar-refractivity contribution in [2.24, 2.45) is 5.92 Å². The Labute approximate surface area is 179 Å². The van der Waals surface area contributed by atoms with Crippen LogP contribution in [0.1, 0.15) is 35.4 Å². The van der Waals surface area contributed by atoms with E-state index in [-0.39, 0.29) is 23.3 Å². The number of hydrogen-bond acceptors (Lipinski definition) is 6. The van der Waals surface area contributed by atoms with E-state index in [1.54, 1.807) is 23.0 Å². The summed E-state index contributed by atoms with van der Waals surface area (Å²) in [6.07, 6.45) is 8.34. The van der Waals surface area contributed by atoms with Crippen molar-refractivity contribution in [1.29, 1.82) is 0 Å². The van der Waals surface area contributed by atoms with Crippen molar-refractivity contribution in [3.8, 4) is 0 Å². The summed E-state index contributed by atoms with van der Waals surface area (Å²) in [5.74, 6) is 1.02. The molecule has 1 saturated heterocycles. The second-order valence-corrected chi connectivity index (χ2v) is 8.36. The Morgan fingerprint density at radius 1 is 1.16 bits per heavy atom. The third-order valence-corrected chi connectivity index (χ3v) is 6.26. The summed E-state index contributed by atoms with van der Waals surface area (Å²) >= 11 is 0. The molecule has 160 valence electrons. The van der Waals surface area contributed by atoms with E-state index in [0.717, 1.165) is 43.1 Å². The largest absolute Gasteiger partial charge is 0.469 e. The van der Waals surface area contributed by atoms with Crippen molar-refractivity contribution in [3.05, 3.63) is 82.7 Å². The summed E-state index contributed by atoms with van der Waals surface area (Å²) in [6, 6.07) is 8.55. The predicted octanol–water partition coefficient (Wildman–Crippen LogP) is 1.75. The van der Waals surface area contributed by atoms with E-state index in [2.05, 4.69) is 20.2 Å². The molecule has 0 radical (unpaired) electrons. The van der Waals surface area contributed by atoms with Gasteiger partial charge in [0.1, 0.15) is 18.1 Å². The van der Waals surface area contributed by atoms with Gasteiger partial charge in [-0.3, -0.25) is 19.1 Å². The van der Waals surface area contributed by atoms with Gasteiger partial charge in [-0.1, -0.05) is 6.07 Å². The molecule has 31 heavy (non-hydrogen) atoms. The third kappa shape index (κ3) is 4.03. The van der Waals surface area contributed by atoms with E-state index < -0.39 is 6.04 Å². The number of piperidine rings is 1. The molecule has 1 fully saturated rings. The summed E-state index contributed by atoms with van der Waals surface area (Å²) < 4.78 is 7.08. The van der Waals surface area contributed by atoms with Gasteiger partial charge in [0, 0.05) is 74.2 Å². The van der Waals surface area contributed by atoms with Gasteiger partial charge >= 0.3 is 0 Å². The zero-order chi connectivity index (χ0) is 21.2. The monoisotopic (exact) mass is 419 g/mol. The van der Waals surface area contributed by atoms with Crippen LogP contribution in [0.15, 0.2) is 64.5 Å². The summed E-state index contributed by atoms with van der Waals surface area (Å²) in [7, 11) is 0. The highest BCUT2D eigenvalue weighted by Crippen LogP contribution is 2.41. The van der Waals surface area contributed by atoms with Crippen LogP contribution < -0.4 is 10.9 Å². The molecule has 3 atom stereocenters. The van der Waals surface area contributed by atoms with Crippen LogP contribution >= 0.6 is 0 Å². The second kappa shape index (κ2) is 8.47. The van der Waals surface area contributed by atoms with Crippen LogP contribution in [0.2, 0.25) is 0 Å². The number of nitrogens with one attached hydrogen (secondary N) is 1. The Kier molecular flexibility index (Phi) is 5.38. The molecule has 5 heterocycles. The Balaban J connectivity index is 1.38. The SMILES string of the molecule is O=C(NCCc1ccco1)[C@H]1[C@H]2C[C@H](CN(Cc3cncnc3)C2)c2cccc(=O)n21. The topological polar surface area (TPSA) is 93.3 Å². The molecule has 2 aliphatic rings. The minimum absolute atomic E-state index is 0.0691. The molecule has 8 nitrogen and oxygen atoms in total. The summed E-state index contributed by atoms with van der Waals surface area (Å²) in [6.45, 7) is 2.81. The van der Waals surface area contributed by atoms with Gasteiger partial charge in [-0.05, 0) is 24.6 Å². The van der Waals surface area contributed by atoms with Crippen molar-refractivity contribution >= 4 is 5.91 Å². The number of nitrogens with zero attached hydrogens (tertiary/aromatic N) is 4. The smallest absolute Gasteiger partial charge is 0.251 e. The van der Waals surface area contributed by atoms with Crippen LogP contribution in [0.25, 0.3) is 0 Å². The van der Waals surface area contributed by atoms with Crippen LogP contribution in [0.3, 0.4) is 0 Å². The average Bonchev–Trinajstić information content (AvgIpc) is 3.29. The van der Waals surface area contributed by atoms with Crippen molar-refractivity contribution in [3.63, 3.8) is 0 Å². The molecule has 1 N–H and O–H groups in total. The van der Waals surface area contributed by atoms with Gasteiger partial charge in [-0.25, -0.2) is 9.97 Å². The highest BCUT2D eigenvalue weighted by atomic mass is 16.3. The first kappa shape index (κ1) is 19.7. The Morgan fingerprint density at radius 3 is 2.84 bits per heavy atom. The number of rotatable bonds is 6. The molecule has 0 saturated carbocycles. The fourth-order valence-electron chi connectivity index (χ4n) is 5.03. The van der Waals surface area contributed by atoms with Gasteiger partial charge in [0.15, 0.2) is 0 Å². The standard InChI is InChI=1S/C23H25N5O3/c29-21-5-1-4-20-17-9-18(14-27(13-17)12-16-10-24-15-25-11-16)22(28(20)21)23(30)26-7-6-19-3-2-8-31-19/h1-5,8,10-11,15,17-18,22H,6-7,9,12-14H2,(H,26,30)/t17-,18+,22-/m1/s1. The van der Waals surface area contributed by atoms with E-state index in [4.69, 9.17) is 4.42 Å². The number of pyridine rings is 1. The van der Waals surface area contributed by atoms with Crippen LogP contribution in [0.5, 0.6) is 0 Å². The fourth-order valence-corrected chi connectivity index (χ4v) is 5.03. The van der Waals surface area contributed by atoms with Crippen molar-refractivity contribution in [2.75, 3.05) is 19.6 Å². The lowest BCUT2D eigenvalue weighted by atomic mass is 9.78. The quantitative estimate of drug-likeness (QED) is 0.654. The molecular weight excluding hydrogens is 394 g/mol. The molecule has 8 heteroatoms. The second-order valence-electron chi connectivity index (χ2n) is 8.36. The molecule has 3 aromatic heterocycles. The predicted molar refractivity (Wildman–Crippen MR) is 113 cm³/mol. The number of amides is 1. The first-order chi connectivity index (χ1) is 15.2. The van der Waals surface area contributed by atoms with Crippen LogP contribution in [-0.4, -0.2) is 45.0 Å². The van der Waals surface area contributed by atoms with Crippen molar-refractivity contribution in [2.45, 2.75) is 31.3 Å². The maximum absolute atomic E-state index is 13.3. The lowest BCUT2D eigenvalue weighted by Crippen LogP contribution is -2.53. The minimum Gasteiger partial charge on any atom is -0.469 e. The first-order valence-electron chi connectivity index (χ1n) is 10.7. The summed E-state index contributed by atoms with van der Waals surface area (Å²) in [5, 5.41) is 3.03. The lowest BCUT2D eigenvalue weighted by molar-refractivity contribution is -0.127. The molecule has 0 aliphatic carbocycles. The maximum Gasteiger partial charge on any atom is 0.251 e. The van der Waals surface area contributed by atoms with Gasteiger partial charge in [0.25, 0.3) is 5.56 Å². The Bertz CT molecular complexity index is 1100. The van der Waals surface area contributed by atoms with Crippen LogP contribution in [0.4, 0.5) is 0 Å². The molecule has 5 rings (SSSR count). The minimum atomic E-state index is -0.508. The zero-order valence-corrected chi connectivity index (χ0v) is 17.2. The molecule has 2 aliphatic heterocycles. The van der Waals surface area contributed by atoms with Gasteiger partial charge in [-0.2, -0.15) is 0 Å². The number of likely N-dealkylation sites (tertiary alicyclic amines) is 1. The Morgan fingerprint density at radius 2 is 2.03 bits per heavy atom. The molecule has 0 aromatic carbocycles. The van der Waals surface area contributed by atoms with Crippen molar-refractivity contribution < 1.29 is 9.21 Å². The van der Waals surface area contributed by atoms with Gasteiger partial charge < -0.3 is 9.73 Å². The maximum atomic E-state index is 13.3. The van der Waals surface area contributed by atoms with Crippen LogP contribution in [-0.2, 0) is 17.8 Å². The Hall–Kier alpha value is -3.26. The van der Waals surface area contributed by atoms with Gasteiger partial charge in [-0.15, -0.1) is 0 Å². The van der Waals surface area contributed by atoms with Crippen molar-refractivity contribution in [1.82, 2.24) is 24.8 Å². The van der Waals surface area contributed by atoms with E-state index in [0.29, 0.717) is 13.0 Å². The molecular formula is C23H25N5O3. The number of carbonyl (C=O) groups is 1. The molecule has 3 aromatic rings. The summed E-state index contributed by atoms with van der Waals surface area (Å²) in [4.78, 5) is 36.6. The van der Waals surface area contributed by atoms with Crippen LogP contribution in [0, 0.1) is 5.92 Å². The van der Waals surface area contributed by atoms with Gasteiger partial charge in [0.2, 0.25) is 5.91 Å². The fraction of sp³-hybridized carbons (Fsp3) is 0.391. The van der Waals surface area contributed by atoms with E-state index in [9.17, 15) is 9.59 Å². The zero-order valence-electron chi connectivity index (χ0n) is 17.2. The highest BCUT2D eigenvalue weighted by Gasteiger charge is 2.43. The van der Waals surface area contributed by atoms with Gasteiger partial charge in [0.05, 0.1) is 6.26 Å². The number of furan rings is 1. The first-order valence-corrected chi connectivity index (χ1v) is 10.7. The molecule has 0 spiro atoms. The normalized spacial score (nSPS) is 22.6. The molecule has 1 amide bonds. The highest BCUT2D eigenvalue weighted by molar-refractivity contribution is 5.81. The number of carbonyl (C=O) groups excluding carboxylic acids is 1. The lowest BCUT2D eigenvalue weighted by Gasteiger charge is -2.46. The molecule has 2 bridgehead atoms. The van der Waals surface area contributed by atoms with E-state index >= 15 is 0 Å². The van der Waals surface area contributed by atoms with E-state index in [1.165, 1.54) is 6.33 Å². The number of hydrogen-bond donors (Lipinski definition) is 1. The van der Waals surface area contributed by atoms with E-state index in [1.807, 2.05) is 30.6 Å².